The van der Waals surface area contributed by atoms with E-state index < -0.39 is 6.10 Å². The molecule has 0 saturated carbocycles. The lowest BCUT2D eigenvalue weighted by Crippen LogP contribution is -2.16. The number of nitrogens with one attached hydrogen (secondary N) is 1. The minimum atomic E-state index is -0.714. The third kappa shape index (κ3) is 4.03. The average Bonchev–Trinajstić information content (AvgIpc) is 2.53. The molecule has 2 atom stereocenters. The zero-order valence-corrected chi connectivity index (χ0v) is 12.2. The van der Waals surface area contributed by atoms with Gasteiger partial charge in [-0.05, 0) is 37.7 Å². The van der Waals surface area contributed by atoms with E-state index in [0.717, 1.165) is 11.1 Å². The normalized spacial score (nSPS) is 13.7. The first kappa shape index (κ1) is 15.5. The van der Waals surface area contributed by atoms with Crippen LogP contribution in [0.1, 0.15) is 30.2 Å². The fourth-order valence-corrected chi connectivity index (χ4v) is 2.08. The van der Waals surface area contributed by atoms with Crippen molar-refractivity contribution in [1.29, 1.82) is 0 Å². The van der Waals surface area contributed by atoms with Gasteiger partial charge in [0.15, 0.2) is 0 Å². The predicted molar refractivity (Wildman–Crippen MR) is 80.8 cm³/mol. The second-order valence-electron chi connectivity index (χ2n) is 4.93. The van der Waals surface area contributed by atoms with Crippen molar-refractivity contribution in [1.82, 2.24) is 5.32 Å². The highest BCUT2D eigenvalue weighted by atomic mass is 19.1. The summed E-state index contributed by atoms with van der Waals surface area (Å²) in [5.74, 6) is 0.274. The molecule has 0 aliphatic carbocycles. The highest BCUT2D eigenvalue weighted by Crippen LogP contribution is 2.27. The number of ether oxygens (including phenoxy) is 1. The number of rotatable bonds is 6. The second-order valence-corrected chi connectivity index (χ2v) is 4.93. The minimum absolute atomic E-state index is 0.0374. The molecule has 0 aliphatic rings. The van der Waals surface area contributed by atoms with E-state index in [1.807, 2.05) is 37.3 Å². The number of benzene rings is 2. The fourth-order valence-electron chi connectivity index (χ4n) is 2.08. The van der Waals surface area contributed by atoms with Crippen molar-refractivity contribution in [2.75, 3.05) is 13.7 Å². The lowest BCUT2D eigenvalue weighted by atomic mass is 10.1. The van der Waals surface area contributed by atoms with Gasteiger partial charge in [0, 0.05) is 11.6 Å². The number of aliphatic hydroxyl groups is 1. The molecule has 2 N–H and O–H groups in total. The van der Waals surface area contributed by atoms with Gasteiger partial charge in [-0.15, -0.1) is 0 Å². The standard InChI is InChI=1S/C17H20FNO2/c1-12(19-2)15-10-14(18)8-9-17(15)21-11-16(20)13-6-4-3-5-7-13/h3-10,12,16,19-20H,11H2,1-2H3. The molecule has 0 fully saturated rings. The summed E-state index contributed by atoms with van der Waals surface area (Å²) in [5.41, 5.74) is 1.53. The largest absolute Gasteiger partial charge is 0.490 e. The van der Waals surface area contributed by atoms with Crippen molar-refractivity contribution >= 4 is 0 Å². The van der Waals surface area contributed by atoms with E-state index in [2.05, 4.69) is 5.32 Å². The van der Waals surface area contributed by atoms with Gasteiger partial charge in [0.05, 0.1) is 0 Å². The average molecular weight is 289 g/mol. The van der Waals surface area contributed by atoms with Crippen LogP contribution in [-0.4, -0.2) is 18.8 Å². The molecule has 0 spiro atoms. The third-order valence-corrected chi connectivity index (χ3v) is 3.45. The van der Waals surface area contributed by atoms with Crippen LogP contribution in [0.5, 0.6) is 5.75 Å². The first-order chi connectivity index (χ1) is 10.1. The van der Waals surface area contributed by atoms with Gasteiger partial charge in [0.2, 0.25) is 0 Å². The van der Waals surface area contributed by atoms with E-state index in [1.165, 1.54) is 12.1 Å². The van der Waals surface area contributed by atoms with Gasteiger partial charge in [-0.1, -0.05) is 30.3 Å². The maximum atomic E-state index is 13.4. The van der Waals surface area contributed by atoms with Crippen LogP contribution in [0.2, 0.25) is 0 Å². The Kier molecular flexibility index (Phi) is 5.31. The van der Waals surface area contributed by atoms with Crippen LogP contribution < -0.4 is 10.1 Å². The summed E-state index contributed by atoms with van der Waals surface area (Å²) in [6.07, 6.45) is -0.714. The smallest absolute Gasteiger partial charge is 0.124 e. The Labute approximate surface area is 124 Å². The molecule has 2 rings (SSSR count). The quantitative estimate of drug-likeness (QED) is 0.858. The lowest BCUT2D eigenvalue weighted by Gasteiger charge is -2.18. The van der Waals surface area contributed by atoms with Crippen molar-refractivity contribution in [2.45, 2.75) is 19.1 Å². The summed E-state index contributed by atoms with van der Waals surface area (Å²) in [4.78, 5) is 0. The molecule has 21 heavy (non-hydrogen) atoms. The third-order valence-electron chi connectivity index (χ3n) is 3.45. The molecule has 0 aliphatic heterocycles. The molecular formula is C17H20FNO2. The number of aliphatic hydroxyl groups excluding tert-OH is 1. The monoisotopic (exact) mass is 289 g/mol. The zero-order valence-electron chi connectivity index (χ0n) is 12.2. The van der Waals surface area contributed by atoms with E-state index in [-0.39, 0.29) is 18.5 Å². The molecule has 0 bridgehead atoms. The van der Waals surface area contributed by atoms with Crippen molar-refractivity contribution in [2.24, 2.45) is 0 Å². The Balaban J connectivity index is 2.09. The first-order valence-corrected chi connectivity index (χ1v) is 6.94. The van der Waals surface area contributed by atoms with Crippen LogP contribution in [-0.2, 0) is 0 Å². The van der Waals surface area contributed by atoms with Crippen LogP contribution in [0, 0.1) is 5.82 Å². The fraction of sp³-hybridized carbons (Fsp3) is 0.294. The minimum Gasteiger partial charge on any atom is -0.490 e. The summed E-state index contributed by atoms with van der Waals surface area (Å²) in [6.45, 7) is 2.05. The van der Waals surface area contributed by atoms with E-state index in [9.17, 15) is 9.50 Å². The number of hydrogen-bond donors (Lipinski definition) is 2. The van der Waals surface area contributed by atoms with Crippen molar-refractivity contribution in [3.05, 3.63) is 65.5 Å². The van der Waals surface area contributed by atoms with Crippen molar-refractivity contribution < 1.29 is 14.2 Å². The van der Waals surface area contributed by atoms with Crippen molar-refractivity contribution in [3.8, 4) is 5.75 Å². The highest BCUT2D eigenvalue weighted by Gasteiger charge is 2.14. The van der Waals surface area contributed by atoms with E-state index in [1.54, 1.807) is 13.1 Å². The highest BCUT2D eigenvalue weighted by molar-refractivity contribution is 5.36. The van der Waals surface area contributed by atoms with Gasteiger partial charge >= 0.3 is 0 Å². The van der Waals surface area contributed by atoms with E-state index >= 15 is 0 Å². The molecule has 0 saturated heterocycles. The Morgan fingerprint density at radius 3 is 2.57 bits per heavy atom. The maximum absolute atomic E-state index is 13.4. The van der Waals surface area contributed by atoms with Gasteiger partial charge in [-0.25, -0.2) is 4.39 Å². The second kappa shape index (κ2) is 7.20. The summed E-state index contributed by atoms with van der Waals surface area (Å²) in [5, 5.41) is 13.2. The molecule has 4 heteroatoms. The summed E-state index contributed by atoms with van der Waals surface area (Å²) in [6, 6.07) is 13.7. The van der Waals surface area contributed by atoms with Crippen LogP contribution >= 0.6 is 0 Å². The van der Waals surface area contributed by atoms with Gasteiger partial charge in [0.1, 0.15) is 24.3 Å². The molecule has 2 unspecified atom stereocenters. The lowest BCUT2D eigenvalue weighted by molar-refractivity contribution is 0.107. The molecule has 112 valence electrons. The summed E-state index contributed by atoms with van der Waals surface area (Å²) in [7, 11) is 1.80. The zero-order chi connectivity index (χ0) is 15.2. The Morgan fingerprint density at radius 2 is 1.90 bits per heavy atom. The van der Waals surface area contributed by atoms with Crippen LogP contribution in [0.3, 0.4) is 0 Å². The van der Waals surface area contributed by atoms with Gasteiger partial charge in [-0.2, -0.15) is 0 Å². The predicted octanol–water partition coefficient (Wildman–Crippen LogP) is 3.22. The van der Waals surface area contributed by atoms with Gasteiger partial charge in [0.25, 0.3) is 0 Å². The van der Waals surface area contributed by atoms with Gasteiger partial charge in [-0.3, -0.25) is 0 Å². The van der Waals surface area contributed by atoms with E-state index in [0.29, 0.717) is 5.75 Å². The van der Waals surface area contributed by atoms with Crippen molar-refractivity contribution in [3.63, 3.8) is 0 Å². The molecule has 0 amide bonds. The molecule has 0 radical (unpaired) electrons. The van der Waals surface area contributed by atoms with Crippen LogP contribution in [0.25, 0.3) is 0 Å². The Hall–Kier alpha value is -1.91. The number of hydrogen-bond acceptors (Lipinski definition) is 3. The first-order valence-electron chi connectivity index (χ1n) is 6.94. The molecule has 2 aromatic carbocycles. The molecular weight excluding hydrogens is 269 g/mol. The SMILES string of the molecule is CNC(C)c1cc(F)ccc1OCC(O)c1ccccc1. The Bertz CT molecular complexity index is 574. The van der Waals surface area contributed by atoms with Gasteiger partial charge < -0.3 is 15.2 Å². The number of halogens is 1. The van der Waals surface area contributed by atoms with E-state index in [4.69, 9.17) is 4.74 Å². The molecule has 3 nitrogen and oxygen atoms in total. The summed E-state index contributed by atoms with van der Waals surface area (Å²) < 4.78 is 19.0. The maximum Gasteiger partial charge on any atom is 0.124 e. The topological polar surface area (TPSA) is 41.5 Å². The molecule has 2 aromatic rings. The Morgan fingerprint density at radius 1 is 1.19 bits per heavy atom. The van der Waals surface area contributed by atoms with Crippen LogP contribution in [0.15, 0.2) is 48.5 Å². The summed E-state index contributed by atoms with van der Waals surface area (Å²) >= 11 is 0. The molecule has 0 heterocycles. The van der Waals surface area contributed by atoms with Crippen LogP contribution in [0.4, 0.5) is 4.39 Å². The molecule has 0 aromatic heterocycles.